The van der Waals surface area contributed by atoms with Gasteiger partial charge in [-0.15, -0.1) is 0 Å². The average Bonchev–Trinajstić information content (AvgIpc) is 2.86. The summed E-state index contributed by atoms with van der Waals surface area (Å²) in [5.41, 5.74) is 5.52. The fourth-order valence-electron chi connectivity index (χ4n) is 2.28. The minimum absolute atomic E-state index is 0.776. The third kappa shape index (κ3) is 4.08. The number of hydrogen-bond donors (Lipinski definition) is 1. The van der Waals surface area contributed by atoms with E-state index in [1.165, 1.54) is 5.82 Å². The normalized spacial score (nSPS) is 17.2. The number of hydrogen-bond acceptors (Lipinski definition) is 4. The van der Waals surface area contributed by atoms with Gasteiger partial charge in [-0.1, -0.05) is 0 Å². The van der Waals surface area contributed by atoms with Gasteiger partial charge >= 0.3 is 0 Å². The lowest BCUT2D eigenvalue weighted by Gasteiger charge is -2.26. The van der Waals surface area contributed by atoms with Gasteiger partial charge in [-0.05, 0) is 19.4 Å². The van der Waals surface area contributed by atoms with Crippen LogP contribution >= 0.6 is 0 Å². The van der Waals surface area contributed by atoms with Crippen LogP contribution < -0.4 is 5.73 Å². The minimum Gasteiger partial charge on any atom is -0.379 e. The van der Waals surface area contributed by atoms with Gasteiger partial charge in [-0.3, -0.25) is 4.90 Å². The zero-order valence-corrected chi connectivity index (χ0v) is 11.1. The first-order valence-corrected chi connectivity index (χ1v) is 6.90. The van der Waals surface area contributed by atoms with Crippen LogP contribution in [0.25, 0.3) is 0 Å². The molecule has 102 valence electrons. The molecule has 0 amide bonds. The van der Waals surface area contributed by atoms with Crippen LogP contribution in [-0.4, -0.2) is 53.8 Å². The Balaban J connectivity index is 1.75. The van der Waals surface area contributed by atoms with E-state index in [1.807, 2.05) is 6.20 Å². The van der Waals surface area contributed by atoms with E-state index in [1.54, 1.807) is 0 Å². The summed E-state index contributed by atoms with van der Waals surface area (Å²) in [6.45, 7) is 6.72. The molecule has 2 rings (SSSR count). The van der Waals surface area contributed by atoms with Crippen molar-refractivity contribution in [3.05, 3.63) is 18.2 Å². The topological polar surface area (TPSA) is 56.3 Å². The molecule has 0 aliphatic carbocycles. The maximum absolute atomic E-state index is 5.52. The van der Waals surface area contributed by atoms with Crippen molar-refractivity contribution in [1.29, 1.82) is 0 Å². The van der Waals surface area contributed by atoms with Crippen LogP contribution in [0.4, 0.5) is 0 Å². The Morgan fingerprint density at radius 2 is 2.06 bits per heavy atom. The Morgan fingerprint density at radius 1 is 1.22 bits per heavy atom. The van der Waals surface area contributed by atoms with Gasteiger partial charge in [-0.2, -0.15) is 0 Å². The van der Waals surface area contributed by atoms with E-state index in [0.717, 1.165) is 65.2 Å². The molecule has 1 saturated heterocycles. The predicted molar refractivity (Wildman–Crippen MR) is 71.5 cm³/mol. The second-order valence-corrected chi connectivity index (χ2v) is 4.74. The molecule has 2 N–H and O–H groups in total. The van der Waals surface area contributed by atoms with Crippen LogP contribution in [0.15, 0.2) is 12.4 Å². The summed E-state index contributed by atoms with van der Waals surface area (Å²) < 4.78 is 7.61. The van der Waals surface area contributed by atoms with E-state index >= 15 is 0 Å². The summed E-state index contributed by atoms with van der Waals surface area (Å²) in [5, 5.41) is 0. The number of rotatable bonds is 7. The summed E-state index contributed by atoms with van der Waals surface area (Å²) in [4.78, 5) is 6.90. The van der Waals surface area contributed by atoms with E-state index in [0.29, 0.717) is 0 Å². The maximum Gasteiger partial charge on any atom is 0.109 e. The molecule has 0 spiro atoms. The highest BCUT2D eigenvalue weighted by atomic mass is 16.5. The van der Waals surface area contributed by atoms with Gasteiger partial charge in [-0.25, -0.2) is 4.98 Å². The smallest absolute Gasteiger partial charge is 0.109 e. The van der Waals surface area contributed by atoms with Crippen LogP contribution in [0, 0.1) is 0 Å². The van der Waals surface area contributed by atoms with Gasteiger partial charge in [0.25, 0.3) is 0 Å². The third-order valence-corrected chi connectivity index (χ3v) is 3.41. The van der Waals surface area contributed by atoms with Crippen molar-refractivity contribution < 1.29 is 4.74 Å². The zero-order valence-electron chi connectivity index (χ0n) is 11.1. The van der Waals surface area contributed by atoms with Gasteiger partial charge in [0.1, 0.15) is 5.82 Å². The average molecular weight is 252 g/mol. The molecule has 1 aromatic rings. The molecule has 2 heterocycles. The van der Waals surface area contributed by atoms with Crippen molar-refractivity contribution in [3.8, 4) is 0 Å². The molecule has 1 aromatic heterocycles. The highest BCUT2D eigenvalue weighted by Crippen LogP contribution is 2.04. The van der Waals surface area contributed by atoms with Crippen LogP contribution in [0.3, 0.4) is 0 Å². The molecular weight excluding hydrogens is 228 g/mol. The van der Waals surface area contributed by atoms with E-state index in [9.17, 15) is 0 Å². The summed E-state index contributed by atoms with van der Waals surface area (Å²) >= 11 is 0. The molecule has 18 heavy (non-hydrogen) atoms. The Labute approximate surface area is 109 Å². The molecule has 1 aliphatic rings. The highest BCUT2D eigenvalue weighted by molar-refractivity contribution is 4.93. The van der Waals surface area contributed by atoms with Gasteiger partial charge in [0.2, 0.25) is 0 Å². The molecule has 1 aliphatic heterocycles. The monoisotopic (exact) mass is 252 g/mol. The molecule has 0 bridgehead atoms. The van der Waals surface area contributed by atoms with Gasteiger partial charge in [0, 0.05) is 45.0 Å². The largest absolute Gasteiger partial charge is 0.379 e. The first-order chi connectivity index (χ1) is 8.90. The number of nitrogens with zero attached hydrogens (tertiary/aromatic N) is 3. The SMILES string of the molecule is NCCCCn1ccnc1CCN1CCOCC1. The second-order valence-electron chi connectivity index (χ2n) is 4.74. The molecule has 0 aromatic carbocycles. The summed E-state index contributed by atoms with van der Waals surface area (Å²) in [5.74, 6) is 1.19. The van der Waals surface area contributed by atoms with Crippen molar-refractivity contribution in [2.75, 3.05) is 39.4 Å². The highest BCUT2D eigenvalue weighted by Gasteiger charge is 2.11. The van der Waals surface area contributed by atoms with Crippen molar-refractivity contribution in [3.63, 3.8) is 0 Å². The Bertz CT molecular complexity index is 333. The fraction of sp³-hybridized carbons (Fsp3) is 0.769. The van der Waals surface area contributed by atoms with Gasteiger partial charge in [0.15, 0.2) is 0 Å². The summed E-state index contributed by atoms with van der Waals surface area (Å²) in [7, 11) is 0. The number of imidazole rings is 1. The lowest BCUT2D eigenvalue weighted by Crippen LogP contribution is -2.37. The van der Waals surface area contributed by atoms with Crippen LogP contribution in [0.2, 0.25) is 0 Å². The number of morpholine rings is 1. The Hall–Kier alpha value is -0.910. The maximum atomic E-state index is 5.52. The second kappa shape index (κ2) is 7.51. The molecule has 5 heteroatoms. The molecular formula is C13H24N4O. The first-order valence-electron chi connectivity index (χ1n) is 6.90. The van der Waals surface area contributed by atoms with Crippen LogP contribution in [0.1, 0.15) is 18.7 Å². The van der Waals surface area contributed by atoms with Crippen LogP contribution in [-0.2, 0) is 17.7 Å². The quantitative estimate of drug-likeness (QED) is 0.718. The number of unbranched alkanes of at least 4 members (excludes halogenated alkanes) is 1. The van der Waals surface area contributed by atoms with Crippen molar-refractivity contribution >= 4 is 0 Å². The lowest BCUT2D eigenvalue weighted by atomic mass is 10.3. The Kier molecular flexibility index (Phi) is 5.64. The fourth-order valence-corrected chi connectivity index (χ4v) is 2.28. The number of nitrogens with two attached hydrogens (primary N) is 1. The van der Waals surface area contributed by atoms with Crippen LogP contribution in [0.5, 0.6) is 0 Å². The minimum atomic E-state index is 0.776. The molecule has 1 fully saturated rings. The number of aromatic nitrogens is 2. The standard InChI is InChI=1S/C13H24N4O/c14-4-1-2-6-17-8-5-15-13(17)3-7-16-9-11-18-12-10-16/h5,8H,1-4,6-7,9-12,14H2. The first kappa shape index (κ1) is 13.5. The zero-order chi connectivity index (χ0) is 12.6. The summed E-state index contributed by atoms with van der Waals surface area (Å²) in [6.07, 6.45) is 7.22. The van der Waals surface area contributed by atoms with E-state index < -0.39 is 0 Å². The lowest BCUT2D eigenvalue weighted by molar-refractivity contribution is 0.0381. The van der Waals surface area contributed by atoms with Gasteiger partial charge < -0.3 is 15.0 Å². The van der Waals surface area contributed by atoms with Crippen molar-refractivity contribution in [2.45, 2.75) is 25.8 Å². The van der Waals surface area contributed by atoms with E-state index in [2.05, 4.69) is 20.6 Å². The molecule has 0 atom stereocenters. The number of ether oxygens (including phenoxy) is 1. The molecule has 0 saturated carbocycles. The van der Waals surface area contributed by atoms with E-state index in [4.69, 9.17) is 10.5 Å². The molecule has 5 nitrogen and oxygen atoms in total. The van der Waals surface area contributed by atoms with Crippen molar-refractivity contribution in [2.24, 2.45) is 5.73 Å². The van der Waals surface area contributed by atoms with Gasteiger partial charge in [0.05, 0.1) is 13.2 Å². The molecule has 0 radical (unpaired) electrons. The van der Waals surface area contributed by atoms with E-state index in [-0.39, 0.29) is 0 Å². The van der Waals surface area contributed by atoms with Crippen molar-refractivity contribution in [1.82, 2.24) is 14.5 Å². The number of aryl methyl sites for hydroxylation is 1. The predicted octanol–water partition coefficient (Wildman–Crippen LogP) is 0.497. The Morgan fingerprint density at radius 3 is 2.83 bits per heavy atom. The summed E-state index contributed by atoms with van der Waals surface area (Å²) in [6, 6.07) is 0. The molecule has 0 unspecified atom stereocenters. The third-order valence-electron chi connectivity index (χ3n) is 3.41.